The summed E-state index contributed by atoms with van der Waals surface area (Å²) in [5.41, 5.74) is 6.87. The van der Waals surface area contributed by atoms with Crippen molar-refractivity contribution >= 4 is 5.97 Å². The lowest BCUT2D eigenvalue weighted by atomic mass is 10.0. The van der Waals surface area contributed by atoms with Crippen LogP contribution in [0.1, 0.15) is 17.5 Å². The van der Waals surface area contributed by atoms with Crippen molar-refractivity contribution in [1.82, 2.24) is 19.7 Å². The Kier molecular flexibility index (Phi) is 4.50. The molecule has 1 aliphatic heterocycles. The van der Waals surface area contributed by atoms with Crippen LogP contribution in [-0.4, -0.2) is 56.5 Å². The first-order valence-electron chi connectivity index (χ1n) is 7.73. The molecule has 0 amide bonds. The highest BCUT2D eigenvalue weighted by Gasteiger charge is 2.41. The molecule has 3 rings (SSSR count). The number of rotatable bonds is 6. The van der Waals surface area contributed by atoms with E-state index in [2.05, 4.69) is 21.0 Å². The Morgan fingerprint density at radius 3 is 2.92 bits per heavy atom. The van der Waals surface area contributed by atoms with E-state index in [1.165, 1.54) is 6.33 Å². The Morgan fingerprint density at radius 1 is 1.46 bits per heavy atom. The van der Waals surface area contributed by atoms with Crippen molar-refractivity contribution in [2.45, 2.75) is 25.0 Å². The first-order chi connectivity index (χ1) is 11.5. The predicted molar refractivity (Wildman–Crippen MR) is 86.6 cm³/mol. The molecule has 1 aliphatic rings. The highest BCUT2D eigenvalue weighted by atomic mass is 16.5. The van der Waals surface area contributed by atoms with E-state index < -0.39 is 11.5 Å². The third-order valence-corrected chi connectivity index (χ3v) is 4.36. The van der Waals surface area contributed by atoms with E-state index in [1.807, 2.05) is 12.1 Å². The maximum Gasteiger partial charge on any atom is 0.325 e. The van der Waals surface area contributed by atoms with E-state index in [1.54, 1.807) is 18.1 Å². The molecule has 2 heterocycles. The van der Waals surface area contributed by atoms with Crippen molar-refractivity contribution in [3.8, 4) is 5.75 Å². The average Bonchev–Trinajstić information content (AvgIpc) is 3.18. The quantitative estimate of drug-likeness (QED) is 0.785. The standard InChI is InChI=1S/C16H21N5O3/c1-24-14-3-2-12(6-13(14)8-21-11-18-10-19-21)7-20-5-4-16(17,9-20)15(22)23/h2-3,6,10-11H,4-5,7-9,17H2,1H3,(H,22,23)/t16-/m0/s1. The van der Waals surface area contributed by atoms with Gasteiger partial charge in [-0.15, -0.1) is 0 Å². The van der Waals surface area contributed by atoms with Gasteiger partial charge in [-0.05, 0) is 24.1 Å². The summed E-state index contributed by atoms with van der Waals surface area (Å²) in [6, 6.07) is 5.96. The van der Waals surface area contributed by atoms with Crippen LogP contribution in [0, 0.1) is 0 Å². The van der Waals surface area contributed by atoms with Crippen molar-refractivity contribution < 1.29 is 14.6 Å². The molecule has 8 heteroatoms. The number of ether oxygens (including phenoxy) is 1. The second kappa shape index (κ2) is 6.58. The van der Waals surface area contributed by atoms with Gasteiger partial charge in [0.2, 0.25) is 0 Å². The molecule has 1 saturated heterocycles. The fourth-order valence-corrected chi connectivity index (χ4v) is 3.03. The topological polar surface area (TPSA) is 106 Å². The summed E-state index contributed by atoms with van der Waals surface area (Å²) < 4.78 is 7.14. The molecule has 1 aromatic heterocycles. The number of carboxylic acids is 1. The lowest BCUT2D eigenvalue weighted by molar-refractivity contribution is -0.142. The number of benzene rings is 1. The lowest BCUT2D eigenvalue weighted by Crippen LogP contribution is -2.50. The number of nitrogens with zero attached hydrogens (tertiary/aromatic N) is 4. The Labute approximate surface area is 139 Å². The van der Waals surface area contributed by atoms with Gasteiger partial charge in [-0.3, -0.25) is 9.69 Å². The van der Waals surface area contributed by atoms with Gasteiger partial charge in [-0.25, -0.2) is 9.67 Å². The maximum atomic E-state index is 11.3. The van der Waals surface area contributed by atoms with E-state index in [4.69, 9.17) is 10.5 Å². The smallest absolute Gasteiger partial charge is 0.325 e. The third kappa shape index (κ3) is 3.39. The van der Waals surface area contributed by atoms with Gasteiger partial charge < -0.3 is 15.6 Å². The van der Waals surface area contributed by atoms with Gasteiger partial charge in [0, 0.05) is 25.2 Å². The lowest BCUT2D eigenvalue weighted by Gasteiger charge is -2.20. The number of nitrogens with two attached hydrogens (primary N) is 1. The zero-order valence-corrected chi connectivity index (χ0v) is 13.6. The van der Waals surface area contributed by atoms with Crippen LogP contribution in [0.3, 0.4) is 0 Å². The van der Waals surface area contributed by atoms with Gasteiger partial charge in [0.05, 0.1) is 13.7 Å². The Balaban J connectivity index is 1.74. The van der Waals surface area contributed by atoms with Crippen LogP contribution in [0.15, 0.2) is 30.9 Å². The number of methoxy groups -OCH3 is 1. The van der Waals surface area contributed by atoms with Crippen LogP contribution in [0.5, 0.6) is 5.75 Å². The summed E-state index contributed by atoms with van der Waals surface area (Å²) in [5.74, 6) is -0.152. The van der Waals surface area contributed by atoms with Gasteiger partial charge in [0.1, 0.15) is 23.9 Å². The summed E-state index contributed by atoms with van der Waals surface area (Å²) in [6.07, 6.45) is 3.61. The van der Waals surface area contributed by atoms with Crippen LogP contribution in [-0.2, 0) is 17.9 Å². The molecule has 0 spiro atoms. The Bertz CT molecular complexity index is 719. The van der Waals surface area contributed by atoms with Gasteiger partial charge in [-0.2, -0.15) is 5.10 Å². The van der Waals surface area contributed by atoms with Gasteiger partial charge in [0.25, 0.3) is 0 Å². The first-order valence-corrected chi connectivity index (χ1v) is 7.73. The van der Waals surface area contributed by atoms with E-state index in [9.17, 15) is 9.90 Å². The van der Waals surface area contributed by atoms with E-state index in [0.717, 1.165) is 16.9 Å². The summed E-state index contributed by atoms with van der Waals surface area (Å²) >= 11 is 0. The predicted octanol–water partition coefficient (Wildman–Crippen LogP) is 0.323. The minimum atomic E-state index is -1.14. The molecule has 3 N–H and O–H groups in total. The Hall–Kier alpha value is -2.45. The minimum absolute atomic E-state index is 0.354. The van der Waals surface area contributed by atoms with E-state index in [0.29, 0.717) is 32.6 Å². The molecule has 128 valence electrons. The first kappa shape index (κ1) is 16.4. The fraction of sp³-hybridized carbons (Fsp3) is 0.438. The molecule has 1 fully saturated rings. The molecule has 0 aliphatic carbocycles. The van der Waals surface area contributed by atoms with Crippen molar-refractivity contribution in [2.24, 2.45) is 5.73 Å². The van der Waals surface area contributed by atoms with Gasteiger partial charge in [-0.1, -0.05) is 6.07 Å². The molecule has 2 aromatic rings. The highest BCUT2D eigenvalue weighted by Crippen LogP contribution is 2.24. The van der Waals surface area contributed by atoms with Gasteiger partial charge >= 0.3 is 5.97 Å². The van der Waals surface area contributed by atoms with Crippen molar-refractivity contribution in [2.75, 3.05) is 20.2 Å². The van der Waals surface area contributed by atoms with Crippen LogP contribution in [0.4, 0.5) is 0 Å². The molecular formula is C16H21N5O3. The zero-order valence-electron chi connectivity index (χ0n) is 13.6. The van der Waals surface area contributed by atoms with Crippen molar-refractivity contribution in [3.05, 3.63) is 42.0 Å². The number of hydrogen-bond donors (Lipinski definition) is 2. The molecule has 0 unspecified atom stereocenters. The normalized spacial score (nSPS) is 21.1. The molecule has 0 saturated carbocycles. The van der Waals surface area contributed by atoms with Crippen LogP contribution < -0.4 is 10.5 Å². The summed E-state index contributed by atoms with van der Waals surface area (Å²) in [7, 11) is 1.63. The van der Waals surface area contributed by atoms with Crippen molar-refractivity contribution in [1.29, 1.82) is 0 Å². The number of carbonyl (C=O) groups is 1. The molecule has 0 radical (unpaired) electrons. The Morgan fingerprint density at radius 2 is 2.29 bits per heavy atom. The SMILES string of the molecule is COc1ccc(CN2CC[C@@](N)(C(=O)O)C2)cc1Cn1cncn1. The number of likely N-dealkylation sites (tertiary alicyclic amines) is 1. The van der Waals surface area contributed by atoms with Crippen LogP contribution >= 0.6 is 0 Å². The maximum absolute atomic E-state index is 11.3. The fourth-order valence-electron chi connectivity index (χ4n) is 3.03. The number of hydrogen-bond acceptors (Lipinski definition) is 6. The molecule has 1 atom stereocenters. The minimum Gasteiger partial charge on any atom is -0.496 e. The molecule has 24 heavy (non-hydrogen) atoms. The molecular weight excluding hydrogens is 310 g/mol. The monoisotopic (exact) mass is 331 g/mol. The molecule has 1 aromatic carbocycles. The second-order valence-electron chi connectivity index (χ2n) is 6.16. The van der Waals surface area contributed by atoms with Crippen LogP contribution in [0.25, 0.3) is 0 Å². The number of aliphatic carboxylic acids is 1. The van der Waals surface area contributed by atoms with E-state index >= 15 is 0 Å². The highest BCUT2D eigenvalue weighted by molar-refractivity contribution is 5.79. The molecule has 0 bridgehead atoms. The average molecular weight is 331 g/mol. The van der Waals surface area contributed by atoms with Crippen LogP contribution in [0.2, 0.25) is 0 Å². The largest absolute Gasteiger partial charge is 0.496 e. The zero-order chi connectivity index (χ0) is 17.2. The molecule has 8 nitrogen and oxygen atoms in total. The summed E-state index contributed by atoms with van der Waals surface area (Å²) in [6.45, 7) is 2.24. The van der Waals surface area contributed by atoms with Gasteiger partial charge in [0.15, 0.2) is 0 Å². The number of aromatic nitrogens is 3. The summed E-state index contributed by atoms with van der Waals surface area (Å²) in [4.78, 5) is 17.3. The van der Waals surface area contributed by atoms with Crippen molar-refractivity contribution in [3.63, 3.8) is 0 Å². The number of carboxylic acid groups (broad SMARTS) is 1. The third-order valence-electron chi connectivity index (χ3n) is 4.36. The summed E-state index contributed by atoms with van der Waals surface area (Å²) in [5, 5.41) is 13.3. The second-order valence-corrected chi connectivity index (χ2v) is 6.16. The van der Waals surface area contributed by atoms with E-state index in [-0.39, 0.29) is 0 Å².